The average molecular weight is 236 g/mol. The van der Waals surface area contributed by atoms with Crippen LogP contribution < -0.4 is 9.47 Å². The van der Waals surface area contributed by atoms with Gasteiger partial charge in [0.1, 0.15) is 23.5 Å². The summed E-state index contributed by atoms with van der Waals surface area (Å²) in [6, 6.07) is 7.15. The van der Waals surface area contributed by atoms with Crippen molar-refractivity contribution in [2.75, 3.05) is 7.11 Å². The Morgan fingerprint density at radius 1 is 1.24 bits per heavy atom. The highest BCUT2D eigenvalue weighted by molar-refractivity contribution is 5.76. The lowest BCUT2D eigenvalue weighted by Gasteiger charge is -2.07. The zero-order valence-electron chi connectivity index (χ0n) is 10.1. The molecule has 1 saturated carbocycles. The van der Waals surface area contributed by atoms with E-state index >= 15 is 0 Å². The summed E-state index contributed by atoms with van der Waals surface area (Å²) < 4.78 is 10.7. The summed E-state index contributed by atoms with van der Waals surface area (Å²) in [5.41, 5.74) is -0.300. The predicted molar refractivity (Wildman–Crippen MR) is 62.3 cm³/mol. The second kappa shape index (κ2) is 3.95. The van der Waals surface area contributed by atoms with Gasteiger partial charge in [0.15, 0.2) is 0 Å². The third kappa shape index (κ3) is 2.07. The number of ether oxygens (including phenoxy) is 2. The molecule has 1 aromatic carbocycles. The third-order valence-electron chi connectivity index (χ3n) is 3.32. The zero-order valence-corrected chi connectivity index (χ0v) is 10.1. The van der Waals surface area contributed by atoms with Crippen molar-refractivity contribution in [3.63, 3.8) is 0 Å². The first kappa shape index (κ1) is 11.8. The van der Waals surface area contributed by atoms with Crippen molar-refractivity contribution >= 4 is 5.97 Å². The Morgan fingerprint density at radius 3 is 2.18 bits per heavy atom. The van der Waals surface area contributed by atoms with Gasteiger partial charge in [-0.2, -0.15) is 0 Å². The topological polar surface area (TPSA) is 55.8 Å². The van der Waals surface area contributed by atoms with Crippen molar-refractivity contribution in [1.29, 1.82) is 0 Å². The minimum absolute atomic E-state index is 0.256. The van der Waals surface area contributed by atoms with Crippen LogP contribution in [0, 0.1) is 11.3 Å². The van der Waals surface area contributed by atoms with Crippen LogP contribution in [0.1, 0.15) is 13.8 Å². The third-order valence-corrected chi connectivity index (χ3v) is 3.32. The molecule has 0 aliphatic heterocycles. The van der Waals surface area contributed by atoms with Crippen LogP contribution in [0.4, 0.5) is 0 Å². The second-order valence-electron chi connectivity index (χ2n) is 4.85. The van der Waals surface area contributed by atoms with Gasteiger partial charge in [0.25, 0.3) is 0 Å². The Balaban J connectivity index is 2.05. The van der Waals surface area contributed by atoms with E-state index in [4.69, 9.17) is 14.6 Å². The highest BCUT2D eigenvalue weighted by Crippen LogP contribution is 2.54. The smallest absolute Gasteiger partial charge is 0.310 e. The molecule has 1 fully saturated rings. The van der Waals surface area contributed by atoms with Gasteiger partial charge in [-0.1, -0.05) is 13.8 Å². The number of carboxylic acid groups (broad SMARTS) is 1. The standard InChI is InChI=1S/C13H16O4/c1-13(2)10(12(14)15)11(13)17-9-6-4-8(16-3)5-7-9/h4-7,10-11H,1-3H3,(H,14,15). The lowest BCUT2D eigenvalue weighted by atomic mass is 10.1. The molecule has 4 nitrogen and oxygen atoms in total. The molecule has 0 heterocycles. The predicted octanol–water partition coefficient (Wildman–Crippen LogP) is 2.18. The number of aliphatic carboxylic acids is 1. The van der Waals surface area contributed by atoms with Crippen molar-refractivity contribution in [2.24, 2.45) is 11.3 Å². The Labute approximate surface area is 100 Å². The molecule has 2 atom stereocenters. The normalized spacial score (nSPS) is 25.1. The second-order valence-corrected chi connectivity index (χ2v) is 4.85. The molecule has 17 heavy (non-hydrogen) atoms. The van der Waals surface area contributed by atoms with Crippen LogP contribution in [0.15, 0.2) is 24.3 Å². The molecule has 0 amide bonds. The van der Waals surface area contributed by atoms with Gasteiger partial charge in [-0.3, -0.25) is 4.79 Å². The van der Waals surface area contributed by atoms with Gasteiger partial charge in [-0.15, -0.1) is 0 Å². The van der Waals surface area contributed by atoms with Gasteiger partial charge in [0.2, 0.25) is 0 Å². The van der Waals surface area contributed by atoms with Crippen LogP contribution in [0.3, 0.4) is 0 Å². The zero-order chi connectivity index (χ0) is 12.6. The highest BCUT2D eigenvalue weighted by Gasteiger charge is 2.64. The van der Waals surface area contributed by atoms with E-state index in [1.165, 1.54) is 0 Å². The summed E-state index contributed by atoms with van der Waals surface area (Å²) in [7, 11) is 1.60. The van der Waals surface area contributed by atoms with E-state index in [0.29, 0.717) is 5.75 Å². The summed E-state index contributed by atoms with van der Waals surface area (Å²) >= 11 is 0. The van der Waals surface area contributed by atoms with Crippen LogP contribution in [0.2, 0.25) is 0 Å². The van der Waals surface area contributed by atoms with Gasteiger partial charge in [0.05, 0.1) is 7.11 Å². The lowest BCUT2D eigenvalue weighted by Crippen LogP contribution is -2.07. The maximum atomic E-state index is 11.0. The van der Waals surface area contributed by atoms with Crippen molar-refractivity contribution in [3.05, 3.63) is 24.3 Å². The molecule has 1 N–H and O–H groups in total. The highest BCUT2D eigenvalue weighted by atomic mass is 16.5. The molecule has 0 bridgehead atoms. The van der Waals surface area contributed by atoms with E-state index in [9.17, 15) is 4.79 Å². The molecule has 2 rings (SSSR count). The summed E-state index contributed by atoms with van der Waals surface area (Å²) in [4.78, 5) is 11.0. The van der Waals surface area contributed by atoms with Gasteiger partial charge in [-0.25, -0.2) is 0 Å². The molecule has 0 saturated heterocycles. The van der Waals surface area contributed by atoms with Gasteiger partial charge < -0.3 is 14.6 Å². The van der Waals surface area contributed by atoms with E-state index in [-0.39, 0.29) is 11.5 Å². The molecule has 0 spiro atoms. The first-order chi connectivity index (χ1) is 7.96. The van der Waals surface area contributed by atoms with Crippen LogP contribution in [0.5, 0.6) is 11.5 Å². The quantitative estimate of drug-likeness (QED) is 0.870. The molecule has 2 unspecified atom stereocenters. The minimum atomic E-state index is -0.798. The maximum Gasteiger partial charge on any atom is 0.310 e. The maximum absolute atomic E-state index is 11.0. The molecule has 1 aliphatic carbocycles. The van der Waals surface area contributed by atoms with Crippen molar-refractivity contribution in [2.45, 2.75) is 20.0 Å². The van der Waals surface area contributed by atoms with Gasteiger partial charge in [-0.05, 0) is 24.3 Å². The first-order valence-corrected chi connectivity index (χ1v) is 5.50. The van der Waals surface area contributed by atoms with E-state index < -0.39 is 11.9 Å². The molecular formula is C13H16O4. The van der Waals surface area contributed by atoms with E-state index in [0.717, 1.165) is 5.75 Å². The molecule has 0 radical (unpaired) electrons. The van der Waals surface area contributed by atoms with Crippen LogP contribution in [0.25, 0.3) is 0 Å². The average Bonchev–Trinajstić information content (AvgIpc) is 2.81. The molecule has 1 aromatic rings. The fourth-order valence-corrected chi connectivity index (χ4v) is 2.06. The Bertz CT molecular complexity index is 422. The Morgan fingerprint density at radius 2 is 1.76 bits per heavy atom. The minimum Gasteiger partial charge on any atom is -0.497 e. The number of benzene rings is 1. The molecule has 4 heteroatoms. The molecule has 0 aromatic heterocycles. The van der Waals surface area contributed by atoms with E-state index in [1.54, 1.807) is 31.4 Å². The molecule has 92 valence electrons. The first-order valence-electron chi connectivity index (χ1n) is 5.50. The van der Waals surface area contributed by atoms with Crippen LogP contribution in [-0.4, -0.2) is 24.3 Å². The van der Waals surface area contributed by atoms with Gasteiger partial charge in [0, 0.05) is 5.41 Å². The summed E-state index contributed by atoms with van der Waals surface area (Å²) in [6.07, 6.45) is -0.256. The lowest BCUT2D eigenvalue weighted by molar-refractivity contribution is -0.139. The fraction of sp³-hybridized carbons (Fsp3) is 0.462. The summed E-state index contributed by atoms with van der Waals surface area (Å²) in [6.45, 7) is 3.81. The van der Waals surface area contributed by atoms with Crippen molar-refractivity contribution < 1.29 is 19.4 Å². The Kier molecular flexibility index (Phi) is 2.73. The number of hydrogen-bond acceptors (Lipinski definition) is 3. The Hall–Kier alpha value is -1.71. The summed E-state index contributed by atoms with van der Waals surface area (Å²) in [5.74, 6) is 0.202. The number of methoxy groups -OCH3 is 1. The SMILES string of the molecule is COc1ccc(OC2C(C(=O)O)C2(C)C)cc1. The number of hydrogen-bond donors (Lipinski definition) is 1. The summed E-state index contributed by atoms with van der Waals surface area (Å²) in [5, 5.41) is 9.02. The van der Waals surface area contributed by atoms with Crippen LogP contribution >= 0.6 is 0 Å². The number of rotatable bonds is 4. The van der Waals surface area contributed by atoms with Crippen LogP contribution in [-0.2, 0) is 4.79 Å². The molecular weight excluding hydrogens is 220 g/mol. The fourth-order valence-electron chi connectivity index (χ4n) is 2.06. The molecule has 1 aliphatic rings. The number of carbonyl (C=O) groups is 1. The van der Waals surface area contributed by atoms with Crippen molar-refractivity contribution in [1.82, 2.24) is 0 Å². The van der Waals surface area contributed by atoms with E-state index in [1.807, 2.05) is 13.8 Å². The number of carboxylic acids is 1. The monoisotopic (exact) mass is 236 g/mol. The van der Waals surface area contributed by atoms with E-state index in [2.05, 4.69) is 0 Å². The van der Waals surface area contributed by atoms with Crippen molar-refractivity contribution in [3.8, 4) is 11.5 Å². The largest absolute Gasteiger partial charge is 0.497 e. The van der Waals surface area contributed by atoms with Gasteiger partial charge >= 0.3 is 5.97 Å².